The van der Waals surface area contributed by atoms with Crippen molar-refractivity contribution in [1.29, 1.82) is 0 Å². The number of rotatable bonds is 6. The number of aromatic nitrogens is 4. The molecule has 0 aromatic carbocycles. The van der Waals surface area contributed by atoms with Gasteiger partial charge < -0.3 is 14.8 Å². The zero-order valence-corrected chi connectivity index (χ0v) is 12.6. The molecule has 2 rings (SSSR count). The molecule has 0 atom stereocenters. The molecule has 6 heteroatoms. The SMILES string of the molecule is CCCNc1cc(N(C)Cc2nccn2C)nc(C)n1. The van der Waals surface area contributed by atoms with E-state index in [-0.39, 0.29) is 0 Å². The van der Waals surface area contributed by atoms with Crippen LogP contribution in [0.5, 0.6) is 0 Å². The van der Waals surface area contributed by atoms with Crippen LogP contribution in [0.25, 0.3) is 0 Å². The highest BCUT2D eigenvalue weighted by atomic mass is 15.2. The zero-order valence-electron chi connectivity index (χ0n) is 12.6. The Kier molecular flexibility index (Phi) is 4.55. The quantitative estimate of drug-likeness (QED) is 0.873. The summed E-state index contributed by atoms with van der Waals surface area (Å²) in [5.74, 6) is 3.56. The van der Waals surface area contributed by atoms with Gasteiger partial charge in [0.1, 0.15) is 23.3 Å². The minimum atomic E-state index is 0.715. The van der Waals surface area contributed by atoms with Crippen LogP contribution in [-0.2, 0) is 13.6 Å². The number of anilines is 2. The van der Waals surface area contributed by atoms with E-state index in [0.717, 1.165) is 36.3 Å². The second-order valence-electron chi connectivity index (χ2n) is 4.90. The highest BCUT2D eigenvalue weighted by Gasteiger charge is 2.09. The first-order valence-electron chi connectivity index (χ1n) is 6.87. The Bertz CT molecular complexity index is 563. The molecule has 0 radical (unpaired) electrons. The summed E-state index contributed by atoms with van der Waals surface area (Å²) in [5.41, 5.74) is 0. The summed E-state index contributed by atoms with van der Waals surface area (Å²) in [5, 5.41) is 3.30. The molecule has 0 aliphatic heterocycles. The van der Waals surface area contributed by atoms with Crippen molar-refractivity contribution in [3.63, 3.8) is 0 Å². The lowest BCUT2D eigenvalue weighted by molar-refractivity contribution is 0.752. The largest absolute Gasteiger partial charge is 0.370 e. The van der Waals surface area contributed by atoms with E-state index in [1.165, 1.54) is 0 Å². The molecule has 0 amide bonds. The van der Waals surface area contributed by atoms with Gasteiger partial charge >= 0.3 is 0 Å². The van der Waals surface area contributed by atoms with Crippen LogP contribution < -0.4 is 10.2 Å². The molecule has 2 aromatic heterocycles. The van der Waals surface area contributed by atoms with Gasteiger partial charge in [-0.3, -0.25) is 0 Å². The maximum atomic E-state index is 4.49. The molecule has 0 aliphatic carbocycles. The molecule has 6 nitrogen and oxygen atoms in total. The molecule has 0 unspecified atom stereocenters. The number of aryl methyl sites for hydroxylation is 2. The highest BCUT2D eigenvalue weighted by Crippen LogP contribution is 2.16. The second-order valence-corrected chi connectivity index (χ2v) is 4.90. The first-order valence-corrected chi connectivity index (χ1v) is 6.87. The molecule has 2 heterocycles. The average Bonchev–Trinajstić information content (AvgIpc) is 2.81. The van der Waals surface area contributed by atoms with Crippen molar-refractivity contribution in [3.05, 3.63) is 30.1 Å². The molecule has 0 saturated carbocycles. The highest BCUT2D eigenvalue weighted by molar-refractivity contribution is 5.48. The summed E-state index contributed by atoms with van der Waals surface area (Å²) in [7, 11) is 4.01. The Labute approximate surface area is 119 Å². The number of nitrogens with zero attached hydrogens (tertiary/aromatic N) is 5. The summed E-state index contributed by atoms with van der Waals surface area (Å²) in [6, 6.07) is 1.98. The third-order valence-corrected chi connectivity index (χ3v) is 3.07. The molecule has 108 valence electrons. The van der Waals surface area contributed by atoms with E-state index in [1.54, 1.807) is 0 Å². The Morgan fingerprint density at radius 3 is 2.80 bits per heavy atom. The van der Waals surface area contributed by atoms with Gasteiger partial charge in [-0.15, -0.1) is 0 Å². The van der Waals surface area contributed by atoms with Gasteiger partial charge in [0.2, 0.25) is 0 Å². The van der Waals surface area contributed by atoms with Gasteiger partial charge in [0, 0.05) is 39.1 Å². The van der Waals surface area contributed by atoms with Gasteiger partial charge in [-0.2, -0.15) is 0 Å². The Morgan fingerprint density at radius 2 is 2.15 bits per heavy atom. The fourth-order valence-corrected chi connectivity index (χ4v) is 1.93. The molecule has 20 heavy (non-hydrogen) atoms. The Hall–Kier alpha value is -2.11. The molecule has 1 N–H and O–H groups in total. The molecular formula is C14H22N6. The number of nitrogens with one attached hydrogen (secondary N) is 1. The maximum Gasteiger partial charge on any atom is 0.134 e. The van der Waals surface area contributed by atoms with Crippen molar-refractivity contribution in [2.45, 2.75) is 26.8 Å². The van der Waals surface area contributed by atoms with E-state index in [2.05, 4.69) is 32.1 Å². The van der Waals surface area contributed by atoms with E-state index >= 15 is 0 Å². The van der Waals surface area contributed by atoms with Crippen molar-refractivity contribution in [3.8, 4) is 0 Å². The predicted molar refractivity (Wildman–Crippen MR) is 80.9 cm³/mol. The lowest BCUT2D eigenvalue weighted by Gasteiger charge is -2.19. The third-order valence-electron chi connectivity index (χ3n) is 3.07. The van der Waals surface area contributed by atoms with Crippen molar-refractivity contribution in [1.82, 2.24) is 19.5 Å². The topological polar surface area (TPSA) is 58.9 Å². The van der Waals surface area contributed by atoms with Crippen LogP contribution in [0.4, 0.5) is 11.6 Å². The van der Waals surface area contributed by atoms with Crippen molar-refractivity contribution in [2.75, 3.05) is 23.8 Å². The first kappa shape index (κ1) is 14.3. The van der Waals surface area contributed by atoms with Crippen LogP contribution in [0.1, 0.15) is 25.0 Å². The van der Waals surface area contributed by atoms with Gasteiger partial charge in [-0.05, 0) is 13.3 Å². The number of hydrogen-bond acceptors (Lipinski definition) is 5. The van der Waals surface area contributed by atoms with Crippen LogP contribution in [0.15, 0.2) is 18.5 Å². The van der Waals surface area contributed by atoms with Gasteiger partial charge in [0.25, 0.3) is 0 Å². The zero-order chi connectivity index (χ0) is 14.5. The van der Waals surface area contributed by atoms with Gasteiger partial charge in [0.15, 0.2) is 0 Å². The number of hydrogen-bond donors (Lipinski definition) is 1. The molecule has 0 saturated heterocycles. The fourth-order valence-electron chi connectivity index (χ4n) is 1.93. The smallest absolute Gasteiger partial charge is 0.134 e. The molecule has 0 spiro atoms. The minimum Gasteiger partial charge on any atom is -0.370 e. The summed E-state index contributed by atoms with van der Waals surface area (Å²) in [4.78, 5) is 15.3. The van der Waals surface area contributed by atoms with E-state index in [4.69, 9.17) is 0 Å². The monoisotopic (exact) mass is 274 g/mol. The van der Waals surface area contributed by atoms with Gasteiger partial charge in [-0.25, -0.2) is 15.0 Å². The molecule has 0 fully saturated rings. The van der Waals surface area contributed by atoms with Crippen molar-refractivity contribution >= 4 is 11.6 Å². The summed E-state index contributed by atoms with van der Waals surface area (Å²) in [6.45, 7) is 5.68. The number of imidazole rings is 1. The van der Waals surface area contributed by atoms with Gasteiger partial charge in [-0.1, -0.05) is 6.92 Å². The van der Waals surface area contributed by atoms with Crippen LogP contribution in [0, 0.1) is 6.92 Å². The predicted octanol–water partition coefficient (Wildman–Crippen LogP) is 1.98. The van der Waals surface area contributed by atoms with E-state index in [1.807, 2.05) is 44.0 Å². The van der Waals surface area contributed by atoms with E-state index < -0.39 is 0 Å². The van der Waals surface area contributed by atoms with Crippen LogP contribution in [0.2, 0.25) is 0 Å². The third kappa shape index (κ3) is 3.46. The van der Waals surface area contributed by atoms with Crippen LogP contribution in [-0.4, -0.2) is 33.1 Å². The van der Waals surface area contributed by atoms with E-state index in [9.17, 15) is 0 Å². The minimum absolute atomic E-state index is 0.715. The normalized spacial score (nSPS) is 10.6. The fraction of sp³-hybridized carbons (Fsp3) is 0.500. The molecule has 0 bridgehead atoms. The summed E-state index contributed by atoms with van der Waals surface area (Å²) < 4.78 is 2.01. The lowest BCUT2D eigenvalue weighted by Crippen LogP contribution is -2.21. The second kappa shape index (κ2) is 6.36. The Balaban J connectivity index is 2.14. The lowest BCUT2D eigenvalue weighted by atomic mass is 10.4. The summed E-state index contributed by atoms with van der Waals surface area (Å²) in [6.07, 6.45) is 4.83. The standard InChI is InChI=1S/C14H22N6/c1-5-6-15-12-9-13(18-11(2)17-12)20(4)10-14-16-7-8-19(14)3/h7-9H,5-6,10H2,1-4H3,(H,15,17,18). The maximum absolute atomic E-state index is 4.49. The van der Waals surface area contributed by atoms with Gasteiger partial charge in [0.05, 0.1) is 6.54 Å². The molecule has 2 aromatic rings. The van der Waals surface area contributed by atoms with Crippen LogP contribution in [0.3, 0.4) is 0 Å². The Morgan fingerprint density at radius 1 is 1.35 bits per heavy atom. The van der Waals surface area contributed by atoms with E-state index in [0.29, 0.717) is 6.54 Å². The first-order chi connectivity index (χ1) is 9.60. The summed E-state index contributed by atoms with van der Waals surface area (Å²) >= 11 is 0. The van der Waals surface area contributed by atoms with Crippen LogP contribution >= 0.6 is 0 Å². The average molecular weight is 274 g/mol. The molecule has 0 aliphatic rings. The van der Waals surface area contributed by atoms with Crippen molar-refractivity contribution < 1.29 is 0 Å². The molecular weight excluding hydrogens is 252 g/mol. The van der Waals surface area contributed by atoms with Crippen molar-refractivity contribution in [2.24, 2.45) is 7.05 Å².